The average Bonchev–Trinajstić information content (AvgIpc) is 2.87. The van der Waals surface area contributed by atoms with Crippen molar-refractivity contribution in [2.75, 3.05) is 0 Å². The number of para-hydroxylation sites is 1. The number of ether oxygens (including phenoxy) is 1. The van der Waals surface area contributed by atoms with E-state index in [0.29, 0.717) is 5.75 Å². The molecule has 0 aliphatic heterocycles. The Hall–Kier alpha value is -2.82. The number of aromatic nitrogens is 1. The van der Waals surface area contributed by atoms with Crippen LogP contribution in [0.4, 0.5) is 0 Å². The molecule has 2 aromatic heterocycles. The molecule has 3 rings (SSSR count). The predicted octanol–water partition coefficient (Wildman–Crippen LogP) is 3.32. The molecule has 0 aliphatic rings. The Balaban J connectivity index is 1.89. The standard InChI is InChI=1S/C14H9NO4/c16-14(17)12-5-6-13(19-12)18-10-7-9-3-1-2-4-11(9)15-8-10/h1-8H,(H,16,17). The van der Waals surface area contributed by atoms with Crippen molar-refractivity contribution >= 4 is 16.9 Å². The van der Waals surface area contributed by atoms with Crippen molar-refractivity contribution in [3.8, 4) is 11.7 Å². The molecule has 0 aliphatic carbocycles. The van der Waals surface area contributed by atoms with Gasteiger partial charge in [0, 0.05) is 11.5 Å². The molecule has 2 heterocycles. The Morgan fingerprint density at radius 1 is 1.21 bits per heavy atom. The number of furan rings is 1. The van der Waals surface area contributed by atoms with E-state index in [-0.39, 0.29) is 11.7 Å². The van der Waals surface area contributed by atoms with Gasteiger partial charge in [0.15, 0.2) is 0 Å². The highest BCUT2D eigenvalue weighted by Crippen LogP contribution is 2.25. The highest BCUT2D eigenvalue weighted by atomic mass is 16.6. The van der Waals surface area contributed by atoms with Gasteiger partial charge in [-0.3, -0.25) is 4.98 Å². The minimum absolute atomic E-state index is 0.120. The molecule has 0 saturated carbocycles. The van der Waals surface area contributed by atoms with Crippen molar-refractivity contribution in [1.82, 2.24) is 4.98 Å². The highest BCUT2D eigenvalue weighted by Gasteiger charge is 2.10. The number of carboxylic acid groups (broad SMARTS) is 1. The van der Waals surface area contributed by atoms with Crippen LogP contribution >= 0.6 is 0 Å². The van der Waals surface area contributed by atoms with E-state index in [1.165, 1.54) is 12.1 Å². The zero-order chi connectivity index (χ0) is 13.2. The second-order valence-electron chi connectivity index (χ2n) is 3.89. The van der Waals surface area contributed by atoms with Crippen LogP contribution in [0.15, 0.2) is 53.1 Å². The molecule has 5 nitrogen and oxygen atoms in total. The van der Waals surface area contributed by atoms with Gasteiger partial charge in [0.05, 0.1) is 11.7 Å². The Morgan fingerprint density at radius 2 is 2.05 bits per heavy atom. The third kappa shape index (κ3) is 2.26. The lowest BCUT2D eigenvalue weighted by molar-refractivity contribution is 0.0657. The lowest BCUT2D eigenvalue weighted by Crippen LogP contribution is -1.91. The minimum atomic E-state index is -1.13. The van der Waals surface area contributed by atoms with Crippen molar-refractivity contribution in [2.24, 2.45) is 0 Å². The number of aromatic carboxylic acids is 1. The summed E-state index contributed by atoms with van der Waals surface area (Å²) in [5.74, 6) is -0.685. The van der Waals surface area contributed by atoms with Gasteiger partial charge in [-0.25, -0.2) is 4.79 Å². The maximum Gasteiger partial charge on any atom is 0.371 e. The Bertz CT molecular complexity index is 748. The zero-order valence-electron chi connectivity index (χ0n) is 9.74. The van der Waals surface area contributed by atoms with Crippen LogP contribution in [0, 0.1) is 0 Å². The lowest BCUT2D eigenvalue weighted by atomic mass is 10.2. The van der Waals surface area contributed by atoms with Crippen LogP contribution in [-0.2, 0) is 0 Å². The molecule has 0 atom stereocenters. The molecule has 1 N–H and O–H groups in total. The molecule has 0 amide bonds. The van der Waals surface area contributed by atoms with E-state index in [1.807, 2.05) is 30.3 Å². The summed E-state index contributed by atoms with van der Waals surface area (Å²) in [6, 6.07) is 12.2. The molecular weight excluding hydrogens is 246 g/mol. The van der Waals surface area contributed by atoms with E-state index in [4.69, 9.17) is 14.3 Å². The number of rotatable bonds is 3. The van der Waals surface area contributed by atoms with Gasteiger partial charge in [-0.05, 0) is 18.2 Å². The first-order valence-electron chi connectivity index (χ1n) is 5.58. The van der Waals surface area contributed by atoms with Crippen molar-refractivity contribution in [1.29, 1.82) is 0 Å². The van der Waals surface area contributed by atoms with E-state index in [0.717, 1.165) is 10.9 Å². The Morgan fingerprint density at radius 3 is 2.84 bits per heavy atom. The topological polar surface area (TPSA) is 72.6 Å². The number of carboxylic acids is 1. The lowest BCUT2D eigenvalue weighted by Gasteiger charge is -2.02. The van der Waals surface area contributed by atoms with E-state index < -0.39 is 5.97 Å². The first-order valence-corrected chi connectivity index (χ1v) is 5.58. The summed E-state index contributed by atoms with van der Waals surface area (Å²) < 4.78 is 10.4. The van der Waals surface area contributed by atoms with Gasteiger partial charge >= 0.3 is 5.97 Å². The Labute approximate surface area is 108 Å². The fraction of sp³-hybridized carbons (Fsp3) is 0. The SMILES string of the molecule is O=C(O)c1ccc(Oc2cnc3ccccc3c2)o1. The maximum absolute atomic E-state index is 10.7. The summed E-state index contributed by atoms with van der Waals surface area (Å²) in [5, 5.41) is 9.68. The van der Waals surface area contributed by atoms with E-state index in [9.17, 15) is 4.79 Å². The van der Waals surface area contributed by atoms with Gasteiger partial charge in [-0.1, -0.05) is 18.2 Å². The molecule has 0 bridgehead atoms. The van der Waals surface area contributed by atoms with E-state index in [2.05, 4.69) is 4.98 Å². The van der Waals surface area contributed by atoms with Gasteiger partial charge in [-0.2, -0.15) is 0 Å². The van der Waals surface area contributed by atoms with Crippen molar-refractivity contribution in [3.63, 3.8) is 0 Å². The molecule has 0 saturated heterocycles. The number of fused-ring (bicyclic) bond motifs is 1. The first kappa shape index (κ1) is 11.3. The molecular formula is C14H9NO4. The molecule has 0 spiro atoms. The summed E-state index contributed by atoms with van der Waals surface area (Å²) in [7, 11) is 0. The molecule has 0 unspecified atom stereocenters. The van der Waals surface area contributed by atoms with Crippen LogP contribution in [0.5, 0.6) is 11.7 Å². The normalized spacial score (nSPS) is 10.5. The van der Waals surface area contributed by atoms with Gasteiger partial charge in [-0.15, -0.1) is 0 Å². The van der Waals surface area contributed by atoms with Gasteiger partial charge in [0.2, 0.25) is 5.76 Å². The fourth-order valence-corrected chi connectivity index (χ4v) is 1.71. The molecule has 5 heteroatoms. The number of hydrogen-bond donors (Lipinski definition) is 1. The number of benzene rings is 1. The smallest absolute Gasteiger partial charge is 0.371 e. The summed E-state index contributed by atoms with van der Waals surface area (Å²) >= 11 is 0. The third-order valence-corrected chi connectivity index (χ3v) is 2.58. The van der Waals surface area contributed by atoms with Gasteiger partial charge in [0.1, 0.15) is 5.75 Å². The highest BCUT2D eigenvalue weighted by molar-refractivity contribution is 5.84. The average molecular weight is 255 g/mol. The summed E-state index contributed by atoms with van der Waals surface area (Å²) in [6.45, 7) is 0. The molecule has 1 aromatic carbocycles. The predicted molar refractivity (Wildman–Crippen MR) is 67.5 cm³/mol. The van der Waals surface area contributed by atoms with Crippen molar-refractivity contribution in [2.45, 2.75) is 0 Å². The Kier molecular flexibility index (Phi) is 2.64. The second kappa shape index (κ2) is 4.45. The van der Waals surface area contributed by atoms with Crippen molar-refractivity contribution in [3.05, 3.63) is 54.4 Å². The largest absolute Gasteiger partial charge is 0.475 e. The quantitative estimate of drug-likeness (QED) is 0.777. The van der Waals surface area contributed by atoms with Crippen molar-refractivity contribution < 1.29 is 19.1 Å². The molecule has 19 heavy (non-hydrogen) atoms. The monoisotopic (exact) mass is 255 g/mol. The minimum Gasteiger partial charge on any atom is -0.475 e. The number of nitrogens with zero attached hydrogens (tertiary/aromatic N) is 1. The molecule has 0 radical (unpaired) electrons. The van der Waals surface area contributed by atoms with Gasteiger partial charge in [0.25, 0.3) is 5.95 Å². The first-order chi connectivity index (χ1) is 9.22. The summed E-state index contributed by atoms with van der Waals surface area (Å²) in [5.41, 5.74) is 0.862. The van der Waals surface area contributed by atoms with E-state index in [1.54, 1.807) is 6.20 Å². The number of hydrogen-bond acceptors (Lipinski definition) is 4. The van der Waals surface area contributed by atoms with Crippen LogP contribution in [0.2, 0.25) is 0 Å². The zero-order valence-corrected chi connectivity index (χ0v) is 9.74. The maximum atomic E-state index is 10.7. The van der Waals surface area contributed by atoms with Crippen LogP contribution in [0.3, 0.4) is 0 Å². The van der Waals surface area contributed by atoms with Crippen LogP contribution in [0.25, 0.3) is 10.9 Å². The summed E-state index contributed by atoms with van der Waals surface area (Å²) in [6.07, 6.45) is 1.56. The summed E-state index contributed by atoms with van der Waals surface area (Å²) in [4.78, 5) is 14.9. The molecule has 3 aromatic rings. The molecule has 0 fully saturated rings. The third-order valence-electron chi connectivity index (χ3n) is 2.58. The van der Waals surface area contributed by atoms with E-state index >= 15 is 0 Å². The second-order valence-corrected chi connectivity index (χ2v) is 3.89. The van der Waals surface area contributed by atoms with Crippen LogP contribution < -0.4 is 4.74 Å². The fourth-order valence-electron chi connectivity index (χ4n) is 1.71. The molecule has 94 valence electrons. The number of carbonyl (C=O) groups is 1. The van der Waals surface area contributed by atoms with Gasteiger partial charge < -0.3 is 14.3 Å². The number of pyridine rings is 1. The van der Waals surface area contributed by atoms with Crippen LogP contribution in [0.1, 0.15) is 10.6 Å². The van der Waals surface area contributed by atoms with Crippen LogP contribution in [-0.4, -0.2) is 16.1 Å².